The van der Waals surface area contributed by atoms with Gasteiger partial charge in [-0.1, -0.05) is 74.5 Å². The number of aliphatic hydroxyl groups excluding tert-OH is 5. The first-order chi connectivity index (χ1) is 63.9. The fraction of sp³-hybridized carbons (Fsp3) is 0.204. The zero-order valence-corrected chi connectivity index (χ0v) is 71.8. The second-order valence-electron chi connectivity index (χ2n) is 30.7. The number of carbonyl (C=O) groups excluding carboxylic acids is 6. The Bertz CT molecular complexity index is 6870. The van der Waals surface area contributed by atoms with Gasteiger partial charge in [0.25, 0.3) is 29.5 Å². The van der Waals surface area contributed by atoms with E-state index in [9.17, 15) is 88.0 Å². The highest BCUT2D eigenvalue weighted by molar-refractivity contribution is 7.98. The fourth-order valence-corrected chi connectivity index (χ4v) is 14.5. The lowest BCUT2D eigenvalue weighted by Gasteiger charge is -2.18. The van der Waals surface area contributed by atoms with Crippen molar-refractivity contribution in [1.82, 2.24) is 87.5 Å². The van der Waals surface area contributed by atoms with E-state index in [0.29, 0.717) is 102 Å². The van der Waals surface area contributed by atoms with Gasteiger partial charge >= 0.3 is 0 Å². The fourth-order valence-electron chi connectivity index (χ4n) is 14.0. The van der Waals surface area contributed by atoms with Crippen LogP contribution < -0.4 is 32.3 Å². The van der Waals surface area contributed by atoms with Crippen LogP contribution in [-0.4, -0.2) is 197 Å². The van der Waals surface area contributed by atoms with E-state index < -0.39 is 137 Å². The molecule has 0 aliphatic heterocycles. The number of thioether (sulfide) groups is 1. The van der Waals surface area contributed by atoms with Crippen LogP contribution >= 0.6 is 11.8 Å². The van der Waals surface area contributed by atoms with Gasteiger partial charge in [0.1, 0.15) is 62.7 Å². The Morgan fingerprint density at radius 1 is 0.368 bits per heavy atom. The first-order valence-corrected chi connectivity index (χ1v) is 42.3. The SMILES string of the molecule is CC(C)C[C@@H](CO)NC(=O)c1cc(F)c2n[nH]c(-c3cccc(F)c3)c2c1.CSCC[C@@H](CO)NC(=O)c1cc(F)c2n[nH]c(-c3cccc(F)c3)c2c1.C[C@H](NC(=O)c1cc(F)c2n[nH]c(-c3cccc(F)c3)c2c1)C(N)=O.O=C(NC(CO)CO)c1cc(F)c2n[nH]c(-c3cccc(F)c3)c2c1.O=C(N[C@H](CO)Cc1cnc[nH]1)c1cc(F)c2n[nH]c(-c3cccc(F)c3)c2c1. The summed E-state index contributed by atoms with van der Waals surface area (Å²) < 4.78 is 140. The minimum absolute atomic E-state index is 0.00264. The number of aliphatic hydroxyl groups is 5. The molecule has 4 atom stereocenters. The number of hydrogen-bond acceptors (Lipinski definition) is 18. The van der Waals surface area contributed by atoms with E-state index in [2.05, 4.69) is 87.5 Å². The topological polar surface area (TPSA) is 462 Å². The minimum Gasteiger partial charge on any atom is -0.394 e. The zero-order valence-electron chi connectivity index (χ0n) is 70.9. The predicted octanol–water partition coefficient (Wildman–Crippen LogP) is 13.3. The number of benzene rings is 10. The quantitative estimate of drug-likeness (QED) is 0.0203. The number of aromatic amines is 6. The number of aromatic nitrogens is 12. The summed E-state index contributed by atoms with van der Waals surface area (Å²) in [5.41, 5.74) is 10.8. The summed E-state index contributed by atoms with van der Waals surface area (Å²) >= 11 is 1.61. The molecular formula is C93H86F10N18O11S. The van der Waals surface area contributed by atoms with Gasteiger partial charge in [0.05, 0.1) is 92.0 Å². The van der Waals surface area contributed by atoms with Crippen molar-refractivity contribution in [2.45, 2.75) is 70.2 Å². The number of imidazole rings is 1. The summed E-state index contributed by atoms with van der Waals surface area (Å²) in [5, 5.41) is 94.2. The van der Waals surface area contributed by atoms with Gasteiger partial charge < -0.3 is 62.8 Å². The highest BCUT2D eigenvalue weighted by Gasteiger charge is 2.27. The summed E-state index contributed by atoms with van der Waals surface area (Å²) in [6.07, 6.45) is 6.58. The van der Waals surface area contributed by atoms with Crippen molar-refractivity contribution in [3.63, 3.8) is 0 Å². The first kappa shape index (κ1) is 97.1. The van der Waals surface area contributed by atoms with Crippen LogP contribution in [0.2, 0.25) is 0 Å². The number of fused-ring (bicyclic) bond motifs is 5. The number of H-pyrrole nitrogens is 6. The molecule has 18 N–H and O–H groups in total. The molecule has 0 fully saturated rings. The molecule has 10 aromatic carbocycles. The van der Waals surface area contributed by atoms with Crippen molar-refractivity contribution in [1.29, 1.82) is 0 Å². The van der Waals surface area contributed by atoms with Crippen molar-refractivity contribution in [3.8, 4) is 56.3 Å². The Kier molecular flexibility index (Phi) is 32.5. The van der Waals surface area contributed by atoms with Gasteiger partial charge in [0.2, 0.25) is 5.91 Å². The van der Waals surface area contributed by atoms with Crippen LogP contribution in [0, 0.1) is 64.1 Å². The Morgan fingerprint density at radius 2 is 0.639 bits per heavy atom. The van der Waals surface area contributed by atoms with Crippen LogP contribution in [0.3, 0.4) is 0 Å². The summed E-state index contributed by atoms with van der Waals surface area (Å²) in [4.78, 5) is 80.0. The van der Waals surface area contributed by atoms with Gasteiger partial charge in [-0.15, -0.1) is 0 Å². The van der Waals surface area contributed by atoms with E-state index in [0.717, 1.165) is 41.8 Å². The third-order valence-electron chi connectivity index (χ3n) is 20.6. The van der Waals surface area contributed by atoms with Gasteiger partial charge in [-0.05, 0) is 159 Å². The number of halogens is 10. The number of rotatable bonds is 28. The molecule has 0 bridgehead atoms. The van der Waals surface area contributed by atoms with Gasteiger partial charge in [0, 0.05) is 101 Å². The molecule has 690 valence electrons. The Labute approximate surface area is 753 Å². The molecule has 40 heteroatoms. The number of amides is 6. The van der Waals surface area contributed by atoms with Crippen molar-refractivity contribution in [3.05, 3.63) is 286 Å². The van der Waals surface area contributed by atoms with Crippen LogP contribution in [-0.2, 0) is 11.2 Å². The van der Waals surface area contributed by atoms with Crippen LogP contribution in [0.25, 0.3) is 111 Å². The molecule has 16 aromatic rings. The van der Waals surface area contributed by atoms with Gasteiger partial charge in [-0.25, -0.2) is 48.9 Å². The summed E-state index contributed by atoms with van der Waals surface area (Å²) in [6.45, 7) is 3.79. The van der Waals surface area contributed by atoms with E-state index in [1.54, 1.807) is 60.4 Å². The third-order valence-corrected chi connectivity index (χ3v) is 21.2. The lowest BCUT2D eigenvalue weighted by atomic mass is 10.0. The molecule has 0 unspecified atom stereocenters. The molecule has 0 saturated carbocycles. The number of primary amides is 1. The normalized spacial score (nSPS) is 12.1. The number of carbonyl (C=O) groups is 6. The second kappa shape index (κ2) is 44.6. The highest BCUT2D eigenvalue weighted by atomic mass is 32.2. The van der Waals surface area contributed by atoms with Crippen LogP contribution in [0.4, 0.5) is 43.9 Å². The molecule has 0 spiro atoms. The Morgan fingerprint density at radius 3 is 0.887 bits per heavy atom. The average molecular weight is 1850 g/mol. The lowest BCUT2D eigenvalue weighted by molar-refractivity contribution is -0.119. The first-order valence-electron chi connectivity index (χ1n) is 40.9. The summed E-state index contributed by atoms with van der Waals surface area (Å²) in [6, 6.07) is 38.4. The maximum absolute atomic E-state index is 14.5. The molecule has 6 amide bonds. The molecule has 0 radical (unpaired) electrons. The van der Waals surface area contributed by atoms with Gasteiger partial charge in [-0.2, -0.15) is 37.3 Å². The number of hydrogen-bond donors (Lipinski definition) is 17. The summed E-state index contributed by atoms with van der Waals surface area (Å²) in [5.74, 6) is -8.08. The molecular weight excluding hydrogens is 1770 g/mol. The predicted molar refractivity (Wildman–Crippen MR) is 479 cm³/mol. The van der Waals surface area contributed by atoms with Crippen LogP contribution in [0.5, 0.6) is 0 Å². The largest absolute Gasteiger partial charge is 0.394 e. The van der Waals surface area contributed by atoms with Gasteiger partial charge in [-0.3, -0.25) is 54.3 Å². The van der Waals surface area contributed by atoms with Crippen molar-refractivity contribution < 1.29 is 98.2 Å². The Balaban J connectivity index is 0.000000150. The van der Waals surface area contributed by atoms with E-state index >= 15 is 0 Å². The number of nitrogens with zero attached hydrogens (tertiary/aromatic N) is 6. The molecule has 6 aromatic heterocycles. The van der Waals surface area contributed by atoms with E-state index in [1.807, 2.05) is 20.1 Å². The molecule has 29 nitrogen and oxygen atoms in total. The van der Waals surface area contributed by atoms with Crippen molar-refractivity contribution in [2.75, 3.05) is 45.0 Å². The van der Waals surface area contributed by atoms with Gasteiger partial charge in [0.15, 0.2) is 29.1 Å². The number of nitrogens with two attached hydrogens (primary N) is 1. The van der Waals surface area contributed by atoms with E-state index in [-0.39, 0.29) is 81.1 Å². The molecule has 133 heavy (non-hydrogen) atoms. The lowest BCUT2D eigenvalue weighted by Crippen LogP contribution is -2.42. The standard InChI is InChI=1S/C20H17F2N5O2.C20H21F2N3O2.C19H19F2N3O2S.C17H14F2N4O2.C17H15F2N3O3/c21-13-3-1-2-11(4-13)18-16-5-12(6-17(22)19(16)27-26-18)20(29)25-15(9-28)7-14-8-23-10-24-14;1-11(2)6-15(10-26)23-20(27)13-8-16-18(12-4-3-5-14(21)7-12)24-25-19(16)17(22)9-13;1-27-6-5-14(10-25)22-19(26)12-8-15-17(11-3-2-4-13(20)7-11)23-24-18(15)16(21)9-12;1-8(16(20)24)21-17(25)10-6-12-14(9-3-2-4-11(18)5-9)22-23-15(12)13(19)7-10;18-11-3-1-2-9(4-11)15-13-5-10(6-14(19)16(13)22-21-15)17(25)20-12(7-23)8-24/h1-6,8,10,15,28H,7,9H2,(H,23,24)(H,25,29)(H,26,27);3-5,7-9,11,15,26H,6,10H2,1-2H3,(H,23,27)(H,24,25);2-4,7-9,14,25H,5-6,10H2,1H3,(H,22,26)(H,23,24);2-8H,1H3,(H2,20,24)(H,21,25)(H,22,23);1-6,12,23-24H,7-8H2,(H,20,25)(H,21,22)/t2*15-;14-;8-;/m0000./s1. The van der Waals surface area contributed by atoms with Crippen molar-refractivity contribution >= 4 is 102 Å². The van der Waals surface area contributed by atoms with E-state index in [1.165, 1.54) is 122 Å². The maximum Gasteiger partial charge on any atom is 0.252 e. The smallest absolute Gasteiger partial charge is 0.252 e. The third kappa shape index (κ3) is 24.2. The second-order valence-corrected chi connectivity index (χ2v) is 31.7. The number of nitrogens with one attached hydrogen (secondary N) is 11. The van der Waals surface area contributed by atoms with Crippen molar-refractivity contribution in [2.24, 2.45) is 11.7 Å². The van der Waals surface area contributed by atoms with E-state index in [4.69, 9.17) is 15.9 Å². The minimum atomic E-state index is -0.904. The average Bonchev–Trinajstić information content (AvgIpc) is 1.68. The van der Waals surface area contributed by atoms with Crippen LogP contribution in [0.15, 0.2) is 195 Å². The zero-order chi connectivity index (χ0) is 95.4. The summed E-state index contributed by atoms with van der Waals surface area (Å²) in [7, 11) is 0. The molecule has 0 aliphatic rings. The molecule has 0 aliphatic carbocycles. The highest BCUT2D eigenvalue weighted by Crippen LogP contribution is 2.36. The Hall–Kier alpha value is -15.0. The molecule has 0 saturated heterocycles. The monoisotopic (exact) mass is 1850 g/mol. The molecule has 16 rings (SSSR count). The maximum atomic E-state index is 14.5. The van der Waals surface area contributed by atoms with Crippen LogP contribution in [0.1, 0.15) is 91.1 Å². The molecule has 6 heterocycles.